The van der Waals surface area contributed by atoms with Crippen LogP contribution in [0.3, 0.4) is 0 Å². The van der Waals surface area contributed by atoms with Gasteiger partial charge in [-0.25, -0.2) is 4.98 Å². The lowest BCUT2D eigenvalue weighted by Gasteiger charge is -2.39. The van der Waals surface area contributed by atoms with E-state index in [1.165, 1.54) is 32.6 Å². The number of aromatic nitrogens is 1. The van der Waals surface area contributed by atoms with E-state index < -0.39 is 0 Å². The molecule has 1 saturated heterocycles. The standard InChI is InChI=1S/C19H29N3O2/c1-3-4-5-17-12-22(13-18(24-17)16-7-8-16)19-9-6-15(11-21-19)10-20-14(2)23/h6,9,11,16-18H,3-5,7-8,10,12-13H2,1-2H3,(H,20,23)/t17-,18-/m1/s1. The number of hydrogen-bond acceptors (Lipinski definition) is 4. The largest absolute Gasteiger partial charge is 0.371 e. The summed E-state index contributed by atoms with van der Waals surface area (Å²) in [7, 11) is 0. The molecule has 1 aliphatic carbocycles. The van der Waals surface area contributed by atoms with Crippen LogP contribution in [0.2, 0.25) is 0 Å². The molecular weight excluding hydrogens is 302 g/mol. The lowest BCUT2D eigenvalue weighted by molar-refractivity contribution is -0.119. The van der Waals surface area contributed by atoms with E-state index in [-0.39, 0.29) is 5.91 Å². The lowest BCUT2D eigenvalue weighted by atomic mass is 10.1. The molecule has 2 fully saturated rings. The van der Waals surface area contributed by atoms with Crippen molar-refractivity contribution < 1.29 is 9.53 Å². The van der Waals surface area contributed by atoms with Crippen LogP contribution in [-0.4, -0.2) is 36.2 Å². The summed E-state index contributed by atoms with van der Waals surface area (Å²) >= 11 is 0. The molecule has 3 rings (SSSR count). The van der Waals surface area contributed by atoms with Crippen molar-refractivity contribution in [3.05, 3.63) is 23.9 Å². The molecule has 5 nitrogen and oxygen atoms in total. The molecule has 1 aliphatic heterocycles. The lowest BCUT2D eigenvalue weighted by Crippen LogP contribution is -2.48. The molecule has 1 aromatic rings. The topological polar surface area (TPSA) is 54.5 Å². The molecule has 1 amide bonds. The molecule has 0 unspecified atom stereocenters. The van der Waals surface area contributed by atoms with Gasteiger partial charge in [0, 0.05) is 32.8 Å². The van der Waals surface area contributed by atoms with Crippen molar-refractivity contribution in [2.45, 2.75) is 64.7 Å². The van der Waals surface area contributed by atoms with Gasteiger partial charge >= 0.3 is 0 Å². The van der Waals surface area contributed by atoms with E-state index in [9.17, 15) is 4.79 Å². The number of carbonyl (C=O) groups is 1. The molecule has 2 heterocycles. The second kappa shape index (κ2) is 7.97. The van der Waals surface area contributed by atoms with Gasteiger partial charge in [0.1, 0.15) is 5.82 Å². The van der Waals surface area contributed by atoms with Gasteiger partial charge in [0.05, 0.1) is 12.2 Å². The molecule has 1 N–H and O–H groups in total. The van der Waals surface area contributed by atoms with Gasteiger partial charge < -0.3 is 15.0 Å². The van der Waals surface area contributed by atoms with Gasteiger partial charge in [0.25, 0.3) is 0 Å². The molecule has 2 atom stereocenters. The summed E-state index contributed by atoms with van der Waals surface area (Å²) in [5, 5.41) is 2.81. The van der Waals surface area contributed by atoms with E-state index in [0.29, 0.717) is 18.8 Å². The van der Waals surface area contributed by atoms with Crippen LogP contribution in [0.1, 0.15) is 51.5 Å². The Morgan fingerprint density at radius 3 is 2.83 bits per heavy atom. The number of nitrogens with one attached hydrogen (secondary N) is 1. The quantitative estimate of drug-likeness (QED) is 0.835. The van der Waals surface area contributed by atoms with Gasteiger partial charge in [0.2, 0.25) is 5.91 Å². The van der Waals surface area contributed by atoms with Gasteiger partial charge in [0.15, 0.2) is 0 Å². The number of morpholine rings is 1. The number of nitrogens with zero attached hydrogens (tertiary/aromatic N) is 2. The molecule has 24 heavy (non-hydrogen) atoms. The Bertz CT molecular complexity index is 542. The van der Waals surface area contributed by atoms with E-state index in [1.807, 2.05) is 6.20 Å². The van der Waals surface area contributed by atoms with Gasteiger partial charge in [-0.05, 0) is 36.8 Å². The maximum Gasteiger partial charge on any atom is 0.217 e. The van der Waals surface area contributed by atoms with E-state index in [1.54, 1.807) is 0 Å². The van der Waals surface area contributed by atoms with Crippen LogP contribution >= 0.6 is 0 Å². The Kier molecular flexibility index (Phi) is 5.72. The van der Waals surface area contributed by atoms with Crippen LogP contribution in [0.4, 0.5) is 5.82 Å². The van der Waals surface area contributed by atoms with Crippen LogP contribution < -0.4 is 10.2 Å². The molecule has 132 valence electrons. The Morgan fingerprint density at radius 1 is 1.38 bits per heavy atom. The maximum absolute atomic E-state index is 11.0. The monoisotopic (exact) mass is 331 g/mol. The van der Waals surface area contributed by atoms with Crippen LogP contribution in [0.5, 0.6) is 0 Å². The first-order chi connectivity index (χ1) is 11.7. The number of hydrogen-bond donors (Lipinski definition) is 1. The molecule has 0 aromatic carbocycles. The van der Waals surface area contributed by atoms with Crippen LogP contribution in [-0.2, 0) is 16.1 Å². The fourth-order valence-corrected chi connectivity index (χ4v) is 3.31. The molecule has 0 bridgehead atoms. The number of rotatable bonds is 7. The van der Waals surface area contributed by atoms with Gasteiger partial charge in [-0.2, -0.15) is 0 Å². The Hall–Kier alpha value is -1.62. The molecule has 0 spiro atoms. The zero-order chi connectivity index (χ0) is 16.9. The summed E-state index contributed by atoms with van der Waals surface area (Å²) < 4.78 is 6.34. The highest BCUT2D eigenvalue weighted by Crippen LogP contribution is 2.37. The summed E-state index contributed by atoms with van der Waals surface area (Å²) in [4.78, 5) is 18.0. The minimum atomic E-state index is -0.0155. The van der Waals surface area contributed by atoms with Crippen LogP contribution in [0, 0.1) is 5.92 Å². The Labute approximate surface area is 144 Å². The summed E-state index contributed by atoms with van der Waals surface area (Å²) in [6.07, 6.45) is 8.74. The van der Waals surface area contributed by atoms with E-state index in [0.717, 1.165) is 36.8 Å². The van der Waals surface area contributed by atoms with Crippen molar-refractivity contribution >= 4 is 11.7 Å². The zero-order valence-electron chi connectivity index (χ0n) is 14.8. The minimum Gasteiger partial charge on any atom is -0.371 e. The highest BCUT2D eigenvalue weighted by molar-refractivity contribution is 5.72. The molecule has 5 heteroatoms. The fraction of sp³-hybridized carbons (Fsp3) is 0.684. The first-order valence-corrected chi connectivity index (χ1v) is 9.25. The van der Waals surface area contributed by atoms with Gasteiger partial charge in [-0.3, -0.25) is 4.79 Å². The van der Waals surface area contributed by atoms with Crippen molar-refractivity contribution in [2.24, 2.45) is 5.92 Å². The molecular formula is C19H29N3O2. The van der Waals surface area contributed by atoms with Gasteiger partial charge in [-0.1, -0.05) is 25.8 Å². The van der Waals surface area contributed by atoms with Crippen molar-refractivity contribution in [1.82, 2.24) is 10.3 Å². The van der Waals surface area contributed by atoms with Crippen molar-refractivity contribution in [1.29, 1.82) is 0 Å². The smallest absolute Gasteiger partial charge is 0.217 e. The molecule has 2 aliphatic rings. The normalized spacial score (nSPS) is 24.0. The highest BCUT2D eigenvalue weighted by atomic mass is 16.5. The minimum absolute atomic E-state index is 0.0155. The predicted octanol–water partition coefficient (Wildman–Crippen LogP) is 2.89. The summed E-state index contributed by atoms with van der Waals surface area (Å²) in [6, 6.07) is 4.13. The molecule has 0 radical (unpaired) electrons. The number of pyridine rings is 1. The number of carbonyl (C=O) groups excluding carboxylic acids is 1. The average Bonchev–Trinajstić information content (AvgIpc) is 3.43. The van der Waals surface area contributed by atoms with Crippen molar-refractivity contribution in [3.63, 3.8) is 0 Å². The van der Waals surface area contributed by atoms with Gasteiger partial charge in [-0.15, -0.1) is 0 Å². The van der Waals surface area contributed by atoms with E-state index in [2.05, 4.69) is 34.3 Å². The summed E-state index contributed by atoms with van der Waals surface area (Å²) in [6.45, 7) is 6.18. The van der Waals surface area contributed by atoms with Crippen molar-refractivity contribution in [3.8, 4) is 0 Å². The second-order valence-corrected chi connectivity index (χ2v) is 7.12. The van der Waals surface area contributed by atoms with Crippen molar-refractivity contribution in [2.75, 3.05) is 18.0 Å². The van der Waals surface area contributed by atoms with E-state index >= 15 is 0 Å². The predicted molar refractivity (Wildman–Crippen MR) is 94.9 cm³/mol. The molecule has 1 saturated carbocycles. The number of ether oxygens (including phenoxy) is 1. The third kappa shape index (κ3) is 4.69. The number of amides is 1. The first-order valence-electron chi connectivity index (χ1n) is 9.25. The maximum atomic E-state index is 11.0. The molecule has 1 aromatic heterocycles. The highest BCUT2D eigenvalue weighted by Gasteiger charge is 2.38. The first kappa shape index (κ1) is 17.2. The number of unbranched alkanes of at least 4 members (excludes halogenated alkanes) is 1. The third-order valence-electron chi connectivity index (χ3n) is 4.89. The number of anilines is 1. The summed E-state index contributed by atoms with van der Waals surface area (Å²) in [5.41, 5.74) is 1.03. The Morgan fingerprint density at radius 2 is 2.21 bits per heavy atom. The third-order valence-corrected chi connectivity index (χ3v) is 4.89. The van der Waals surface area contributed by atoms with Crippen LogP contribution in [0.15, 0.2) is 18.3 Å². The average molecular weight is 331 g/mol. The second-order valence-electron chi connectivity index (χ2n) is 7.12. The SMILES string of the molecule is CCCC[C@@H]1CN(c2ccc(CNC(C)=O)cn2)C[C@H](C2CC2)O1. The Balaban J connectivity index is 1.63. The fourth-order valence-electron chi connectivity index (χ4n) is 3.31. The summed E-state index contributed by atoms with van der Waals surface area (Å²) in [5.74, 6) is 1.76. The van der Waals surface area contributed by atoms with E-state index in [4.69, 9.17) is 4.74 Å². The zero-order valence-corrected chi connectivity index (χ0v) is 14.8. The van der Waals surface area contributed by atoms with Crippen LogP contribution in [0.25, 0.3) is 0 Å².